The van der Waals surface area contributed by atoms with Crippen LogP contribution < -0.4 is 11.5 Å². The Morgan fingerprint density at radius 3 is 3.00 bits per heavy atom. The van der Waals surface area contributed by atoms with E-state index < -0.39 is 0 Å². The summed E-state index contributed by atoms with van der Waals surface area (Å²) in [5.41, 5.74) is 11.7. The van der Waals surface area contributed by atoms with Crippen LogP contribution in [-0.4, -0.2) is 14.6 Å². The third-order valence-corrected chi connectivity index (χ3v) is 1.44. The van der Waals surface area contributed by atoms with Gasteiger partial charge in [0.15, 0.2) is 5.82 Å². The van der Waals surface area contributed by atoms with Crippen LogP contribution in [-0.2, 0) is 0 Å². The minimum Gasteiger partial charge on any atom is -0.382 e. The summed E-state index contributed by atoms with van der Waals surface area (Å²) in [7, 11) is 0. The molecule has 4 N–H and O–H groups in total. The van der Waals surface area contributed by atoms with E-state index in [1.54, 1.807) is 10.7 Å². The normalized spacial score (nSPS) is 10.5. The molecular formula is C6H7N5. The Morgan fingerprint density at radius 2 is 2.18 bits per heavy atom. The van der Waals surface area contributed by atoms with Crippen LogP contribution in [0.5, 0.6) is 0 Å². The number of anilines is 2. The van der Waals surface area contributed by atoms with E-state index in [1.807, 2.05) is 12.1 Å². The molecule has 0 fully saturated rings. The molecule has 0 saturated heterocycles. The van der Waals surface area contributed by atoms with Crippen LogP contribution >= 0.6 is 0 Å². The molecule has 5 heteroatoms. The molecule has 2 rings (SSSR count). The van der Waals surface area contributed by atoms with Crippen LogP contribution in [0.3, 0.4) is 0 Å². The van der Waals surface area contributed by atoms with E-state index in [2.05, 4.69) is 10.1 Å². The van der Waals surface area contributed by atoms with Crippen LogP contribution in [0.15, 0.2) is 18.3 Å². The van der Waals surface area contributed by atoms with Crippen molar-refractivity contribution in [1.82, 2.24) is 14.6 Å². The summed E-state index contributed by atoms with van der Waals surface area (Å²) < 4.78 is 1.59. The predicted molar refractivity (Wildman–Crippen MR) is 41.8 cm³/mol. The van der Waals surface area contributed by atoms with Crippen LogP contribution in [0.1, 0.15) is 0 Å². The molecule has 0 spiro atoms. The number of nitrogens with two attached hydrogens (primary N) is 2. The Bertz CT molecular complexity index is 391. The first kappa shape index (κ1) is 5.96. The molecule has 0 saturated carbocycles. The number of rotatable bonds is 0. The van der Waals surface area contributed by atoms with Crippen molar-refractivity contribution >= 4 is 17.3 Å². The molecule has 11 heavy (non-hydrogen) atoms. The molecule has 0 aromatic carbocycles. The van der Waals surface area contributed by atoms with E-state index in [9.17, 15) is 0 Å². The average molecular weight is 149 g/mol. The summed E-state index contributed by atoms with van der Waals surface area (Å²) >= 11 is 0. The maximum atomic E-state index is 5.55. The van der Waals surface area contributed by atoms with Crippen molar-refractivity contribution in [2.45, 2.75) is 0 Å². The second kappa shape index (κ2) is 1.85. The molecule has 2 heterocycles. The molecule has 0 aliphatic heterocycles. The summed E-state index contributed by atoms with van der Waals surface area (Å²) in [4.78, 5) is 3.80. The third kappa shape index (κ3) is 0.778. The van der Waals surface area contributed by atoms with Gasteiger partial charge in [-0.1, -0.05) is 0 Å². The maximum Gasteiger partial charge on any atom is 0.240 e. The molecule has 0 unspecified atom stereocenters. The number of hydrogen-bond donors (Lipinski definition) is 2. The Hall–Kier alpha value is -1.78. The second-order valence-corrected chi connectivity index (χ2v) is 2.19. The topological polar surface area (TPSA) is 82.2 Å². The summed E-state index contributed by atoms with van der Waals surface area (Å²) in [5.74, 6) is 0.591. The average Bonchev–Trinajstić information content (AvgIpc) is 2.34. The fourth-order valence-electron chi connectivity index (χ4n) is 0.976. The van der Waals surface area contributed by atoms with Gasteiger partial charge < -0.3 is 11.5 Å². The van der Waals surface area contributed by atoms with Crippen molar-refractivity contribution in [2.75, 3.05) is 11.5 Å². The molecule has 2 aromatic heterocycles. The lowest BCUT2D eigenvalue weighted by Gasteiger charge is -1.97. The van der Waals surface area contributed by atoms with E-state index in [0.717, 1.165) is 5.52 Å². The Balaban J connectivity index is 2.91. The largest absolute Gasteiger partial charge is 0.382 e. The zero-order chi connectivity index (χ0) is 7.84. The van der Waals surface area contributed by atoms with Gasteiger partial charge in [-0.15, -0.1) is 5.10 Å². The smallest absolute Gasteiger partial charge is 0.240 e. The molecule has 56 valence electrons. The molecule has 0 radical (unpaired) electrons. The van der Waals surface area contributed by atoms with Gasteiger partial charge in [-0.05, 0) is 12.1 Å². The van der Waals surface area contributed by atoms with E-state index >= 15 is 0 Å². The van der Waals surface area contributed by atoms with Crippen molar-refractivity contribution in [3.63, 3.8) is 0 Å². The zero-order valence-corrected chi connectivity index (χ0v) is 5.73. The van der Waals surface area contributed by atoms with Gasteiger partial charge in [-0.3, -0.25) is 0 Å². The van der Waals surface area contributed by atoms with Crippen molar-refractivity contribution in [1.29, 1.82) is 0 Å². The SMILES string of the molecule is Nc1nc(N)c2cccn2n1. The standard InChI is InChI=1S/C6H7N5/c7-5-4-2-1-3-11(4)10-6(8)9-5/h1-3H,(H4,7,8,9,10). The highest BCUT2D eigenvalue weighted by molar-refractivity contribution is 5.65. The summed E-state index contributed by atoms with van der Waals surface area (Å²) in [6.45, 7) is 0. The Morgan fingerprint density at radius 1 is 1.36 bits per heavy atom. The van der Waals surface area contributed by atoms with Crippen molar-refractivity contribution in [2.24, 2.45) is 0 Å². The van der Waals surface area contributed by atoms with Crippen molar-refractivity contribution in [3.8, 4) is 0 Å². The van der Waals surface area contributed by atoms with Gasteiger partial charge in [0.05, 0.1) is 0 Å². The molecule has 2 aromatic rings. The lowest BCUT2D eigenvalue weighted by atomic mass is 10.5. The molecule has 0 atom stereocenters. The second-order valence-electron chi connectivity index (χ2n) is 2.19. The van der Waals surface area contributed by atoms with Crippen molar-refractivity contribution in [3.05, 3.63) is 18.3 Å². The van der Waals surface area contributed by atoms with Crippen LogP contribution in [0.4, 0.5) is 11.8 Å². The van der Waals surface area contributed by atoms with E-state index in [4.69, 9.17) is 11.5 Å². The minimum atomic E-state index is 0.186. The van der Waals surface area contributed by atoms with Gasteiger partial charge in [-0.2, -0.15) is 4.98 Å². The fraction of sp³-hybridized carbons (Fsp3) is 0. The van der Waals surface area contributed by atoms with Crippen LogP contribution in [0.2, 0.25) is 0 Å². The number of fused-ring (bicyclic) bond motifs is 1. The summed E-state index contributed by atoms with van der Waals surface area (Å²) in [6, 6.07) is 3.66. The van der Waals surface area contributed by atoms with Gasteiger partial charge in [-0.25, -0.2) is 4.52 Å². The zero-order valence-electron chi connectivity index (χ0n) is 5.73. The highest BCUT2D eigenvalue weighted by atomic mass is 15.3. The lowest BCUT2D eigenvalue weighted by molar-refractivity contribution is 0.922. The van der Waals surface area contributed by atoms with Gasteiger partial charge in [0.1, 0.15) is 5.52 Å². The Kier molecular flexibility index (Phi) is 1.00. The van der Waals surface area contributed by atoms with Crippen LogP contribution in [0.25, 0.3) is 5.52 Å². The quantitative estimate of drug-likeness (QED) is 0.547. The predicted octanol–water partition coefficient (Wildman–Crippen LogP) is -0.106. The van der Waals surface area contributed by atoms with Gasteiger partial charge >= 0.3 is 0 Å². The van der Waals surface area contributed by atoms with Crippen LogP contribution in [0, 0.1) is 0 Å². The third-order valence-electron chi connectivity index (χ3n) is 1.44. The first-order valence-electron chi connectivity index (χ1n) is 3.14. The molecule has 0 amide bonds. The monoisotopic (exact) mass is 149 g/mol. The number of aromatic nitrogens is 3. The maximum absolute atomic E-state index is 5.55. The fourth-order valence-corrected chi connectivity index (χ4v) is 0.976. The number of nitrogen functional groups attached to an aromatic ring is 2. The number of hydrogen-bond acceptors (Lipinski definition) is 4. The van der Waals surface area contributed by atoms with E-state index in [1.165, 1.54) is 0 Å². The molecular weight excluding hydrogens is 142 g/mol. The van der Waals surface area contributed by atoms with E-state index in [0.29, 0.717) is 5.82 Å². The highest BCUT2D eigenvalue weighted by Crippen LogP contribution is 2.09. The lowest BCUT2D eigenvalue weighted by Crippen LogP contribution is -2.04. The number of nitrogens with zero attached hydrogens (tertiary/aromatic N) is 3. The highest BCUT2D eigenvalue weighted by Gasteiger charge is 1.99. The van der Waals surface area contributed by atoms with Gasteiger partial charge in [0.2, 0.25) is 5.95 Å². The van der Waals surface area contributed by atoms with Gasteiger partial charge in [0, 0.05) is 6.20 Å². The summed E-state index contributed by atoms with van der Waals surface area (Å²) in [6.07, 6.45) is 1.77. The van der Waals surface area contributed by atoms with Gasteiger partial charge in [0.25, 0.3) is 0 Å². The first-order valence-corrected chi connectivity index (χ1v) is 3.14. The minimum absolute atomic E-state index is 0.186. The Labute approximate surface area is 62.6 Å². The summed E-state index contributed by atoms with van der Waals surface area (Å²) in [5, 5.41) is 3.90. The molecule has 0 aliphatic rings. The first-order chi connectivity index (χ1) is 5.27. The molecule has 0 bridgehead atoms. The van der Waals surface area contributed by atoms with Crippen molar-refractivity contribution < 1.29 is 0 Å². The molecule has 0 aliphatic carbocycles. The molecule has 5 nitrogen and oxygen atoms in total. The van der Waals surface area contributed by atoms with E-state index in [-0.39, 0.29) is 5.95 Å².